The molecule has 2 aromatic rings. The molecule has 2 nitrogen and oxygen atoms in total. The summed E-state index contributed by atoms with van der Waals surface area (Å²) < 4.78 is 12.9. The molecule has 0 aliphatic rings. The maximum absolute atomic E-state index is 12.9. The van der Waals surface area contributed by atoms with Gasteiger partial charge in [0.25, 0.3) is 0 Å². The summed E-state index contributed by atoms with van der Waals surface area (Å²) in [5.74, 6) is -0.189. The molecule has 0 bridgehead atoms. The zero-order chi connectivity index (χ0) is 13.5. The highest BCUT2D eigenvalue weighted by Gasteiger charge is 2.11. The van der Waals surface area contributed by atoms with Crippen molar-refractivity contribution in [2.45, 2.75) is 25.8 Å². The largest absolute Gasteiger partial charge is 0.310 e. The first kappa shape index (κ1) is 13.7. The number of nitrogens with zero attached hydrogens (tertiary/aromatic N) is 1. The van der Waals surface area contributed by atoms with Crippen LogP contribution in [0.1, 0.15) is 30.5 Å². The van der Waals surface area contributed by atoms with E-state index in [1.807, 2.05) is 24.3 Å². The van der Waals surface area contributed by atoms with Gasteiger partial charge in [0, 0.05) is 18.4 Å². The average molecular weight is 258 g/mol. The van der Waals surface area contributed by atoms with Gasteiger partial charge in [0.05, 0.1) is 0 Å². The maximum Gasteiger partial charge on any atom is 0.123 e. The molecule has 0 fully saturated rings. The number of aromatic nitrogens is 1. The number of rotatable bonds is 6. The second-order valence-electron chi connectivity index (χ2n) is 4.62. The fourth-order valence-corrected chi connectivity index (χ4v) is 2.08. The number of pyridine rings is 1. The quantitative estimate of drug-likeness (QED) is 0.857. The molecule has 1 heterocycles. The minimum atomic E-state index is -0.189. The van der Waals surface area contributed by atoms with Gasteiger partial charge in [-0.2, -0.15) is 0 Å². The molecule has 19 heavy (non-hydrogen) atoms. The van der Waals surface area contributed by atoms with Crippen molar-refractivity contribution in [2.75, 3.05) is 6.54 Å². The van der Waals surface area contributed by atoms with E-state index in [0.717, 1.165) is 24.9 Å². The van der Waals surface area contributed by atoms with Gasteiger partial charge in [0.15, 0.2) is 0 Å². The number of nitrogens with one attached hydrogen (secondary N) is 1. The molecular formula is C16H19FN2. The van der Waals surface area contributed by atoms with E-state index in [4.69, 9.17) is 0 Å². The monoisotopic (exact) mass is 258 g/mol. The van der Waals surface area contributed by atoms with Crippen molar-refractivity contribution in [3.05, 3.63) is 65.7 Å². The fourth-order valence-electron chi connectivity index (χ4n) is 2.08. The van der Waals surface area contributed by atoms with Gasteiger partial charge in [-0.15, -0.1) is 0 Å². The Labute approximate surface area is 113 Å². The van der Waals surface area contributed by atoms with Crippen LogP contribution in [-0.2, 0) is 6.42 Å². The molecule has 1 aromatic heterocycles. The molecule has 2 rings (SSSR count). The van der Waals surface area contributed by atoms with E-state index < -0.39 is 0 Å². The molecule has 0 spiro atoms. The van der Waals surface area contributed by atoms with E-state index in [0.29, 0.717) is 0 Å². The standard InChI is InChI=1S/C16H19FN2/c1-2-9-19-16(14-7-10-18-11-8-14)12-13-3-5-15(17)6-4-13/h3-8,10-11,16,19H,2,9,12H2,1H3. The molecule has 1 N–H and O–H groups in total. The van der Waals surface area contributed by atoms with E-state index in [-0.39, 0.29) is 11.9 Å². The molecule has 0 saturated carbocycles. The predicted molar refractivity (Wildman–Crippen MR) is 75.4 cm³/mol. The van der Waals surface area contributed by atoms with E-state index in [2.05, 4.69) is 17.2 Å². The van der Waals surface area contributed by atoms with Gasteiger partial charge in [-0.05, 0) is 54.8 Å². The van der Waals surface area contributed by atoms with Gasteiger partial charge < -0.3 is 5.32 Å². The number of hydrogen-bond donors (Lipinski definition) is 1. The molecule has 0 amide bonds. The first-order valence-corrected chi connectivity index (χ1v) is 6.67. The van der Waals surface area contributed by atoms with Crippen LogP contribution in [0.5, 0.6) is 0 Å². The van der Waals surface area contributed by atoms with Crippen molar-refractivity contribution in [2.24, 2.45) is 0 Å². The predicted octanol–water partition coefficient (Wildman–Crippen LogP) is 3.50. The van der Waals surface area contributed by atoms with E-state index in [1.54, 1.807) is 12.4 Å². The SMILES string of the molecule is CCCNC(Cc1ccc(F)cc1)c1ccncc1. The summed E-state index contributed by atoms with van der Waals surface area (Å²) in [7, 11) is 0. The highest BCUT2D eigenvalue weighted by molar-refractivity contribution is 5.22. The smallest absolute Gasteiger partial charge is 0.123 e. The lowest BCUT2D eigenvalue weighted by Gasteiger charge is -2.19. The molecule has 100 valence electrons. The van der Waals surface area contributed by atoms with Crippen molar-refractivity contribution in [1.82, 2.24) is 10.3 Å². The van der Waals surface area contributed by atoms with Crippen LogP contribution >= 0.6 is 0 Å². The number of halogens is 1. The van der Waals surface area contributed by atoms with Crippen molar-refractivity contribution in [3.63, 3.8) is 0 Å². The first-order valence-electron chi connectivity index (χ1n) is 6.67. The molecular weight excluding hydrogens is 239 g/mol. The third-order valence-electron chi connectivity index (χ3n) is 3.10. The Hall–Kier alpha value is -1.74. The summed E-state index contributed by atoms with van der Waals surface area (Å²) >= 11 is 0. The van der Waals surface area contributed by atoms with Gasteiger partial charge in [0.2, 0.25) is 0 Å². The second-order valence-corrected chi connectivity index (χ2v) is 4.62. The Morgan fingerprint density at radius 3 is 2.42 bits per heavy atom. The van der Waals surface area contributed by atoms with Crippen LogP contribution in [0.25, 0.3) is 0 Å². The lowest BCUT2D eigenvalue weighted by molar-refractivity contribution is 0.528. The fraction of sp³-hybridized carbons (Fsp3) is 0.312. The van der Waals surface area contributed by atoms with Crippen molar-refractivity contribution < 1.29 is 4.39 Å². The van der Waals surface area contributed by atoms with Gasteiger partial charge >= 0.3 is 0 Å². The van der Waals surface area contributed by atoms with Crippen LogP contribution in [0.2, 0.25) is 0 Å². The highest BCUT2D eigenvalue weighted by Crippen LogP contribution is 2.18. The number of benzene rings is 1. The zero-order valence-corrected chi connectivity index (χ0v) is 11.1. The van der Waals surface area contributed by atoms with Crippen LogP contribution < -0.4 is 5.32 Å². The molecule has 3 heteroatoms. The Morgan fingerprint density at radius 1 is 1.11 bits per heavy atom. The minimum Gasteiger partial charge on any atom is -0.310 e. The molecule has 1 atom stereocenters. The van der Waals surface area contributed by atoms with Gasteiger partial charge in [-0.3, -0.25) is 4.98 Å². The van der Waals surface area contributed by atoms with Crippen LogP contribution in [-0.4, -0.2) is 11.5 Å². The molecule has 0 aliphatic carbocycles. The molecule has 0 aliphatic heterocycles. The van der Waals surface area contributed by atoms with Gasteiger partial charge in [-0.1, -0.05) is 19.1 Å². The van der Waals surface area contributed by atoms with Crippen LogP contribution in [0.3, 0.4) is 0 Å². The molecule has 0 radical (unpaired) electrons. The van der Waals surface area contributed by atoms with Gasteiger partial charge in [-0.25, -0.2) is 4.39 Å². The second kappa shape index (κ2) is 7.00. The van der Waals surface area contributed by atoms with E-state index >= 15 is 0 Å². The Morgan fingerprint density at radius 2 is 1.79 bits per heavy atom. The third-order valence-corrected chi connectivity index (χ3v) is 3.10. The van der Waals surface area contributed by atoms with E-state index in [9.17, 15) is 4.39 Å². The zero-order valence-electron chi connectivity index (χ0n) is 11.1. The van der Waals surface area contributed by atoms with Crippen LogP contribution in [0.4, 0.5) is 4.39 Å². The topological polar surface area (TPSA) is 24.9 Å². The van der Waals surface area contributed by atoms with Crippen molar-refractivity contribution in [1.29, 1.82) is 0 Å². The Kier molecular flexibility index (Phi) is 5.04. The van der Waals surface area contributed by atoms with Crippen LogP contribution in [0, 0.1) is 5.82 Å². The van der Waals surface area contributed by atoms with Crippen molar-refractivity contribution in [3.8, 4) is 0 Å². The summed E-state index contributed by atoms with van der Waals surface area (Å²) in [6.07, 6.45) is 5.55. The van der Waals surface area contributed by atoms with Crippen LogP contribution in [0.15, 0.2) is 48.8 Å². The van der Waals surface area contributed by atoms with Crippen molar-refractivity contribution >= 4 is 0 Å². The van der Waals surface area contributed by atoms with Gasteiger partial charge in [0.1, 0.15) is 5.82 Å². The third kappa shape index (κ3) is 4.14. The maximum atomic E-state index is 12.9. The first-order chi connectivity index (χ1) is 9.29. The lowest BCUT2D eigenvalue weighted by Crippen LogP contribution is -2.24. The Bertz CT molecular complexity index is 482. The molecule has 1 unspecified atom stereocenters. The molecule has 1 aromatic carbocycles. The Balaban J connectivity index is 2.11. The van der Waals surface area contributed by atoms with E-state index in [1.165, 1.54) is 17.7 Å². The summed E-state index contributed by atoms with van der Waals surface area (Å²) in [5, 5.41) is 3.53. The normalized spacial score (nSPS) is 12.3. The average Bonchev–Trinajstić information content (AvgIpc) is 2.46. The summed E-state index contributed by atoms with van der Waals surface area (Å²) in [6, 6.07) is 11.0. The molecule has 0 saturated heterocycles. The minimum absolute atomic E-state index is 0.189. The highest BCUT2D eigenvalue weighted by atomic mass is 19.1. The summed E-state index contributed by atoms with van der Waals surface area (Å²) in [6.45, 7) is 3.11. The lowest BCUT2D eigenvalue weighted by atomic mass is 9.99. The summed E-state index contributed by atoms with van der Waals surface area (Å²) in [4.78, 5) is 4.05. The summed E-state index contributed by atoms with van der Waals surface area (Å²) in [5.41, 5.74) is 2.35. The number of hydrogen-bond acceptors (Lipinski definition) is 2.